The zero-order valence-corrected chi connectivity index (χ0v) is 10.8. The summed E-state index contributed by atoms with van der Waals surface area (Å²) in [7, 11) is 1.96. The second-order valence-corrected chi connectivity index (χ2v) is 4.66. The lowest BCUT2D eigenvalue weighted by Crippen LogP contribution is -1.91. The van der Waals surface area contributed by atoms with Crippen molar-refractivity contribution in [1.29, 1.82) is 0 Å². The first kappa shape index (κ1) is 11.0. The van der Waals surface area contributed by atoms with Crippen molar-refractivity contribution in [3.05, 3.63) is 47.8 Å². The highest BCUT2D eigenvalue weighted by Gasteiger charge is 2.09. The van der Waals surface area contributed by atoms with Crippen LogP contribution < -0.4 is 0 Å². The van der Waals surface area contributed by atoms with Gasteiger partial charge in [0.15, 0.2) is 0 Å². The van der Waals surface area contributed by atoms with Gasteiger partial charge in [0.1, 0.15) is 0 Å². The monoisotopic (exact) mass is 237 g/mol. The number of benzene rings is 1. The van der Waals surface area contributed by atoms with E-state index in [9.17, 15) is 0 Å². The first-order valence-electron chi connectivity index (χ1n) is 6.01. The van der Waals surface area contributed by atoms with Gasteiger partial charge >= 0.3 is 0 Å². The van der Waals surface area contributed by atoms with Gasteiger partial charge in [-0.15, -0.1) is 0 Å². The summed E-state index contributed by atoms with van der Waals surface area (Å²) in [6.07, 6.45) is 3.78. The lowest BCUT2D eigenvalue weighted by Gasteiger charge is -2.07. The topological polar surface area (TPSA) is 30.7 Å². The van der Waals surface area contributed by atoms with Crippen molar-refractivity contribution in [3.63, 3.8) is 0 Å². The highest BCUT2D eigenvalue weighted by atomic mass is 15.2. The zero-order chi connectivity index (χ0) is 12.7. The second kappa shape index (κ2) is 3.95. The number of hydrogen-bond acceptors (Lipinski definition) is 2. The number of hydrogen-bond donors (Lipinski definition) is 0. The van der Waals surface area contributed by atoms with Crippen molar-refractivity contribution >= 4 is 10.9 Å². The average Bonchev–Trinajstić information content (AvgIpc) is 2.73. The van der Waals surface area contributed by atoms with E-state index in [2.05, 4.69) is 42.1 Å². The third kappa shape index (κ3) is 1.59. The molecule has 0 bridgehead atoms. The standard InChI is InChI=1S/C15H15N3/c1-10-6-7-16-14(8-10)12-4-5-15-13(11(12)2)9-17-18(15)3/h4-9H,1-3H3. The van der Waals surface area contributed by atoms with Crippen LogP contribution in [0.15, 0.2) is 36.7 Å². The summed E-state index contributed by atoms with van der Waals surface area (Å²) in [6, 6.07) is 8.36. The van der Waals surface area contributed by atoms with E-state index >= 15 is 0 Å². The zero-order valence-electron chi connectivity index (χ0n) is 10.8. The van der Waals surface area contributed by atoms with E-state index in [4.69, 9.17) is 0 Å². The van der Waals surface area contributed by atoms with Gasteiger partial charge in [0.05, 0.1) is 17.4 Å². The number of fused-ring (bicyclic) bond motifs is 1. The predicted octanol–water partition coefficient (Wildman–Crippen LogP) is 3.25. The maximum absolute atomic E-state index is 4.46. The summed E-state index contributed by atoms with van der Waals surface area (Å²) in [6.45, 7) is 4.21. The van der Waals surface area contributed by atoms with E-state index in [1.807, 2.05) is 30.2 Å². The molecule has 3 aromatic rings. The number of rotatable bonds is 1. The maximum atomic E-state index is 4.46. The minimum atomic E-state index is 1.03. The van der Waals surface area contributed by atoms with E-state index in [-0.39, 0.29) is 0 Å². The molecule has 18 heavy (non-hydrogen) atoms. The normalized spacial score (nSPS) is 11.1. The van der Waals surface area contributed by atoms with Crippen LogP contribution in [0.3, 0.4) is 0 Å². The molecular formula is C15H15N3. The molecule has 0 N–H and O–H groups in total. The van der Waals surface area contributed by atoms with Crippen LogP contribution in [0.5, 0.6) is 0 Å². The van der Waals surface area contributed by atoms with E-state index in [1.165, 1.54) is 22.1 Å². The van der Waals surface area contributed by atoms with Gasteiger partial charge in [0.25, 0.3) is 0 Å². The summed E-state index contributed by atoms with van der Waals surface area (Å²) >= 11 is 0. The van der Waals surface area contributed by atoms with Crippen molar-refractivity contribution in [2.45, 2.75) is 13.8 Å². The van der Waals surface area contributed by atoms with Crippen LogP contribution in [0.4, 0.5) is 0 Å². The van der Waals surface area contributed by atoms with Crippen molar-refractivity contribution in [2.75, 3.05) is 0 Å². The van der Waals surface area contributed by atoms with Gasteiger partial charge in [-0.1, -0.05) is 6.07 Å². The Hall–Kier alpha value is -2.16. The molecule has 0 fully saturated rings. The Kier molecular flexibility index (Phi) is 2.40. The maximum Gasteiger partial charge on any atom is 0.0707 e. The highest BCUT2D eigenvalue weighted by molar-refractivity contribution is 5.88. The summed E-state index contributed by atoms with van der Waals surface area (Å²) < 4.78 is 1.90. The molecule has 0 saturated heterocycles. The van der Waals surface area contributed by atoms with E-state index in [0.29, 0.717) is 0 Å². The lowest BCUT2D eigenvalue weighted by atomic mass is 10.0. The number of aromatic nitrogens is 3. The molecule has 2 aromatic heterocycles. The summed E-state index contributed by atoms with van der Waals surface area (Å²) in [5.41, 5.74) is 5.82. The van der Waals surface area contributed by atoms with Gasteiger partial charge in [-0.05, 0) is 43.2 Å². The minimum absolute atomic E-state index is 1.03. The van der Waals surface area contributed by atoms with Crippen LogP contribution in [-0.2, 0) is 7.05 Å². The van der Waals surface area contributed by atoms with E-state index in [0.717, 1.165) is 11.2 Å². The lowest BCUT2D eigenvalue weighted by molar-refractivity contribution is 0.797. The first-order chi connectivity index (χ1) is 8.66. The van der Waals surface area contributed by atoms with Crippen molar-refractivity contribution in [3.8, 4) is 11.3 Å². The Morgan fingerprint density at radius 1 is 1.11 bits per heavy atom. The molecule has 2 heterocycles. The fourth-order valence-corrected chi connectivity index (χ4v) is 2.33. The molecular weight excluding hydrogens is 222 g/mol. The third-order valence-corrected chi connectivity index (χ3v) is 3.39. The second-order valence-electron chi connectivity index (χ2n) is 4.66. The van der Waals surface area contributed by atoms with Gasteiger partial charge in [0.2, 0.25) is 0 Å². The molecule has 1 aromatic carbocycles. The van der Waals surface area contributed by atoms with Gasteiger partial charge < -0.3 is 0 Å². The predicted molar refractivity (Wildman–Crippen MR) is 73.4 cm³/mol. The quantitative estimate of drug-likeness (QED) is 0.650. The Morgan fingerprint density at radius 3 is 2.72 bits per heavy atom. The van der Waals surface area contributed by atoms with Crippen LogP contribution in [0.1, 0.15) is 11.1 Å². The van der Waals surface area contributed by atoms with Gasteiger partial charge in [-0.2, -0.15) is 5.10 Å². The third-order valence-electron chi connectivity index (χ3n) is 3.39. The van der Waals surface area contributed by atoms with Crippen LogP contribution in [0, 0.1) is 13.8 Å². The Labute approximate surface area is 106 Å². The van der Waals surface area contributed by atoms with Crippen LogP contribution in [0.25, 0.3) is 22.2 Å². The fraction of sp³-hybridized carbons (Fsp3) is 0.200. The Bertz CT molecular complexity index is 726. The molecule has 0 saturated carbocycles. The summed E-state index contributed by atoms with van der Waals surface area (Å²) in [5.74, 6) is 0. The van der Waals surface area contributed by atoms with E-state index in [1.54, 1.807) is 0 Å². The molecule has 3 nitrogen and oxygen atoms in total. The van der Waals surface area contributed by atoms with Crippen molar-refractivity contribution in [1.82, 2.24) is 14.8 Å². The van der Waals surface area contributed by atoms with Crippen LogP contribution in [0.2, 0.25) is 0 Å². The van der Waals surface area contributed by atoms with E-state index < -0.39 is 0 Å². The molecule has 0 unspecified atom stereocenters. The van der Waals surface area contributed by atoms with Gasteiger partial charge in [-0.3, -0.25) is 9.67 Å². The molecule has 0 aliphatic carbocycles. The minimum Gasteiger partial charge on any atom is -0.268 e. The number of nitrogens with zero attached hydrogens (tertiary/aromatic N) is 3. The van der Waals surface area contributed by atoms with Crippen molar-refractivity contribution < 1.29 is 0 Å². The smallest absolute Gasteiger partial charge is 0.0707 e. The molecule has 3 rings (SSSR count). The van der Waals surface area contributed by atoms with Gasteiger partial charge in [-0.25, -0.2) is 0 Å². The molecule has 0 amide bonds. The summed E-state index contributed by atoms with van der Waals surface area (Å²) in [4.78, 5) is 4.46. The number of pyridine rings is 1. The first-order valence-corrected chi connectivity index (χ1v) is 6.01. The molecule has 0 radical (unpaired) electrons. The molecule has 3 heteroatoms. The highest BCUT2D eigenvalue weighted by Crippen LogP contribution is 2.28. The molecule has 0 aliphatic heterocycles. The molecule has 0 atom stereocenters. The van der Waals surface area contributed by atoms with Crippen LogP contribution in [-0.4, -0.2) is 14.8 Å². The Balaban J connectivity index is 2.27. The summed E-state index contributed by atoms with van der Waals surface area (Å²) in [5, 5.41) is 5.50. The Morgan fingerprint density at radius 2 is 1.94 bits per heavy atom. The largest absolute Gasteiger partial charge is 0.268 e. The van der Waals surface area contributed by atoms with Crippen molar-refractivity contribution in [2.24, 2.45) is 7.05 Å². The molecule has 0 spiro atoms. The number of aryl methyl sites for hydroxylation is 3. The van der Waals surface area contributed by atoms with Gasteiger partial charge in [0, 0.05) is 24.2 Å². The molecule has 90 valence electrons. The van der Waals surface area contributed by atoms with Crippen LogP contribution >= 0.6 is 0 Å². The molecule has 0 aliphatic rings. The average molecular weight is 237 g/mol. The fourth-order valence-electron chi connectivity index (χ4n) is 2.33. The SMILES string of the molecule is Cc1ccnc(-c2ccc3c(cnn3C)c2C)c1.